The van der Waals surface area contributed by atoms with E-state index in [1.54, 1.807) is 0 Å². The number of hydrogen-bond acceptors (Lipinski definition) is 4. The van der Waals surface area contributed by atoms with Gasteiger partial charge in [0, 0.05) is 50.2 Å². The zero-order chi connectivity index (χ0) is 18.1. The van der Waals surface area contributed by atoms with Gasteiger partial charge in [0.05, 0.1) is 17.9 Å². The molecule has 0 aromatic carbocycles. The Hall–Kier alpha value is -1.66. The van der Waals surface area contributed by atoms with Gasteiger partial charge < -0.3 is 5.32 Å². The van der Waals surface area contributed by atoms with Crippen molar-refractivity contribution in [3.63, 3.8) is 0 Å². The molecule has 2 atom stereocenters. The Morgan fingerprint density at radius 1 is 1.23 bits per heavy atom. The van der Waals surface area contributed by atoms with Gasteiger partial charge >= 0.3 is 0 Å². The molecule has 0 amide bonds. The Balaban J connectivity index is 1.42. The molecule has 1 aliphatic carbocycles. The van der Waals surface area contributed by atoms with Gasteiger partial charge in [-0.15, -0.1) is 0 Å². The molecular weight excluding hydrogens is 324 g/mol. The topological polar surface area (TPSA) is 50.9 Å². The molecule has 142 valence electrons. The standard InChI is InChI=1S/C20H32N6/c1-15(2)26-14-16(12-23-26)11-21-13-17-5-4-10-25(18-6-7-18)20(17)19-8-9-22-24(19)3/h8-9,12,14-15,17-18,20-21H,4-7,10-11,13H2,1-3H3/t17-,20+/m0/s1. The van der Waals surface area contributed by atoms with Gasteiger partial charge in [-0.3, -0.25) is 14.3 Å². The molecule has 2 aromatic heterocycles. The Labute approximate surface area is 156 Å². The van der Waals surface area contributed by atoms with Gasteiger partial charge in [-0.1, -0.05) is 0 Å². The van der Waals surface area contributed by atoms with Crippen LogP contribution in [0.25, 0.3) is 0 Å². The number of likely N-dealkylation sites (tertiary alicyclic amines) is 1. The van der Waals surface area contributed by atoms with E-state index in [-0.39, 0.29) is 0 Å². The maximum absolute atomic E-state index is 4.45. The summed E-state index contributed by atoms with van der Waals surface area (Å²) in [5, 5.41) is 12.6. The lowest BCUT2D eigenvalue weighted by Gasteiger charge is -2.42. The lowest BCUT2D eigenvalue weighted by Crippen LogP contribution is -2.44. The van der Waals surface area contributed by atoms with Crippen LogP contribution in [0.3, 0.4) is 0 Å². The van der Waals surface area contributed by atoms with Crippen LogP contribution in [0.15, 0.2) is 24.7 Å². The van der Waals surface area contributed by atoms with Crippen molar-refractivity contribution in [1.82, 2.24) is 29.8 Å². The molecule has 2 aliphatic rings. The van der Waals surface area contributed by atoms with E-state index in [1.165, 1.54) is 43.5 Å². The summed E-state index contributed by atoms with van der Waals surface area (Å²) in [6.45, 7) is 7.50. The highest BCUT2D eigenvalue weighted by Gasteiger charge is 2.41. The van der Waals surface area contributed by atoms with Crippen LogP contribution in [0.5, 0.6) is 0 Å². The van der Waals surface area contributed by atoms with Gasteiger partial charge in [0.25, 0.3) is 0 Å². The second-order valence-corrected chi connectivity index (χ2v) is 8.25. The summed E-state index contributed by atoms with van der Waals surface area (Å²) < 4.78 is 4.11. The third kappa shape index (κ3) is 3.71. The molecule has 6 nitrogen and oxygen atoms in total. The summed E-state index contributed by atoms with van der Waals surface area (Å²) in [7, 11) is 2.08. The Kier molecular flexibility index (Phi) is 5.14. The number of aromatic nitrogens is 4. The third-order valence-corrected chi connectivity index (χ3v) is 5.89. The van der Waals surface area contributed by atoms with Crippen LogP contribution in [0.2, 0.25) is 0 Å². The average molecular weight is 357 g/mol. The Bertz CT molecular complexity index is 713. The third-order valence-electron chi connectivity index (χ3n) is 5.89. The van der Waals surface area contributed by atoms with Crippen molar-refractivity contribution >= 4 is 0 Å². The van der Waals surface area contributed by atoms with Crippen LogP contribution in [-0.2, 0) is 13.6 Å². The van der Waals surface area contributed by atoms with Crippen LogP contribution < -0.4 is 5.32 Å². The summed E-state index contributed by atoms with van der Waals surface area (Å²) in [6, 6.07) is 3.92. The van der Waals surface area contributed by atoms with Crippen LogP contribution in [0.1, 0.15) is 62.9 Å². The zero-order valence-corrected chi connectivity index (χ0v) is 16.3. The fraction of sp³-hybridized carbons (Fsp3) is 0.700. The van der Waals surface area contributed by atoms with Gasteiger partial charge in [-0.25, -0.2) is 0 Å². The van der Waals surface area contributed by atoms with Gasteiger partial charge in [-0.2, -0.15) is 10.2 Å². The predicted molar refractivity (Wildman–Crippen MR) is 103 cm³/mol. The molecule has 1 saturated carbocycles. The molecule has 0 bridgehead atoms. The molecule has 3 heterocycles. The van der Waals surface area contributed by atoms with Crippen LogP contribution in [0.4, 0.5) is 0 Å². The van der Waals surface area contributed by atoms with Crippen molar-refractivity contribution in [1.29, 1.82) is 0 Å². The minimum absolute atomic E-state index is 0.420. The van der Waals surface area contributed by atoms with E-state index in [0.717, 1.165) is 19.1 Å². The van der Waals surface area contributed by atoms with Crippen molar-refractivity contribution in [3.8, 4) is 0 Å². The van der Waals surface area contributed by atoms with E-state index in [9.17, 15) is 0 Å². The van der Waals surface area contributed by atoms with Crippen LogP contribution >= 0.6 is 0 Å². The number of aryl methyl sites for hydroxylation is 1. The highest BCUT2D eigenvalue weighted by molar-refractivity contribution is 5.12. The molecule has 4 rings (SSSR count). The Morgan fingerprint density at radius 3 is 2.73 bits per heavy atom. The second-order valence-electron chi connectivity index (χ2n) is 8.25. The van der Waals surface area contributed by atoms with E-state index in [4.69, 9.17) is 0 Å². The highest BCUT2D eigenvalue weighted by Crippen LogP contribution is 2.42. The monoisotopic (exact) mass is 356 g/mol. The number of nitrogens with one attached hydrogen (secondary N) is 1. The molecule has 0 radical (unpaired) electrons. The fourth-order valence-electron chi connectivity index (χ4n) is 4.37. The van der Waals surface area contributed by atoms with Gasteiger partial charge in [0.2, 0.25) is 0 Å². The number of nitrogens with zero attached hydrogens (tertiary/aromatic N) is 5. The van der Waals surface area contributed by atoms with Gasteiger partial charge in [0.15, 0.2) is 0 Å². The summed E-state index contributed by atoms with van der Waals surface area (Å²) >= 11 is 0. The maximum Gasteiger partial charge on any atom is 0.0560 e. The zero-order valence-electron chi connectivity index (χ0n) is 16.3. The predicted octanol–water partition coefficient (Wildman–Crippen LogP) is 2.90. The number of hydrogen-bond donors (Lipinski definition) is 1. The molecule has 2 fully saturated rings. The largest absolute Gasteiger partial charge is 0.312 e. The molecule has 6 heteroatoms. The van der Waals surface area contributed by atoms with Crippen molar-refractivity contribution in [2.75, 3.05) is 13.1 Å². The first-order valence-corrected chi connectivity index (χ1v) is 10.1. The van der Waals surface area contributed by atoms with E-state index in [1.807, 2.05) is 17.1 Å². The molecule has 1 aliphatic heterocycles. The van der Waals surface area contributed by atoms with Gasteiger partial charge in [-0.05, 0) is 58.1 Å². The lowest BCUT2D eigenvalue weighted by atomic mass is 9.86. The average Bonchev–Trinajstić information content (AvgIpc) is 3.21. The first-order valence-electron chi connectivity index (χ1n) is 10.1. The summed E-state index contributed by atoms with van der Waals surface area (Å²) in [5.74, 6) is 0.639. The summed E-state index contributed by atoms with van der Waals surface area (Å²) in [5.41, 5.74) is 2.64. The summed E-state index contributed by atoms with van der Waals surface area (Å²) in [6.07, 6.45) is 11.4. The minimum atomic E-state index is 0.420. The van der Waals surface area contributed by atoms with Gasteiger partial charge in [0.1, 0.15) is 0 Å². The van der Waals surface area contributed by atoms with E-state index < -0.39 is 0 Å². The van der Waals surface area contributed by atoms with Crippen LogP contribution in [-0.4, -0.2) is 43.6 Å². The molecule has 2 aromatic rings. The molecule has 0 unspecified atom stereocenters. The van der Waals surface area contributed by atoms with E-state index in [2.05, 4.69) is 58.3 Å². The number of rotatable bonds is 7. The fourth-order valence-corrected chi connectivity index (χ4v) is 4.37. The van der Waals surface area contributed by atoms with Crippen molar-refractivity contribution < 1.29 is 0 Å². The minimum Gasteiger partial charge on any atom is -0.312 e. The maximum atomic E-state index is 4.45. The quantitative estimate of drug-likeness (QED) is 0.829. The van der Waals surface area contributed by atoms with Crippen molar-refractivity contribution in [3.05, 3.63) is 35.9 Å². The SMILES string of the molecule is CC(C)n1cc(CNC[C@@H]2CCCN(C3CC3)[C@H]2c2ccnn2C)cn1. The van der Waals surface area contributed by atoms with E-state index >= 15 is 0 Å². The normalized spacial score (nSPS) is 24.5. The number of piperidine rings is 1. The molecule has 0 spiro atoms. The molecule has 1 saturated heterocycles. The molecule has 1 N–H and O–H groups in total. The summed E-state index contributed by atoms with van der Waals surface area (Å²) in [4.78, 5) is 2.75. The second kappa shape index (κ2) is 7.53. The first-order chi connectivity index (χ1) is 12.6. The molecular formula is C20H32N6. The van der Waals surface area contributed by atoms with E-state index in [0.29, 0.717) is 18.0 Å². The molecule has 26 heavy (non-hydrogen) atoms. The highest BCUT2D eigenvalue weighted by atomic mass is 15.3. The van der Waals surface area contributed by atoms with Crippen molar-refractivity contribution in [2.24, 2.45) is 13.0 Å². The smallest absolute Gasteiger partial charge is 0.0560 e. The van der Waals surface area contributed by atoms with Crippen LogP contribution in [0, 0.1) is 5.92 Å². The Morgan fingerprint density at radius 2 is 2.08 bits per heavy atom. The first kappa shape index (κ1) is 17.7. The van der Waals surface area contributed by atoms with Crippen molar-refractivity contribution in [2.45, 2.75) is 64.2 Å². The lowest BCUT2D eigenvalue weighted by molar-refractivity contribution is 0.0777.